The predicted molar refractivity (Wildman–Crippen MR) is 82.6 cm³/mol. The van der Waals surface area contributed by atoms with E-state index < -0.39 is 0 Å². The van der Waals surface area contributed by atoms with Crippen LogP contribution >= 0.6 is 0 Å². The van der Waals surface area contributed by atoms with Crippen LogP contribution in [0.3, 0.4) is 0 Å². The van der Waals surface area contributed by atoms with E-state index in [4.69, 9.17) is 0 Å². The normalized spacial score (nSPS) is 16.0. The molecule has 0 aliphatic carbocycles. The van der Waals surface area contributed by atoms with Crippen LogP contribution in [0.5, 0.6) is 0 Å². The molecule has 0 aromatic heterocycles. The van der Waals surface area contributed by atoms with E-state index in [-0.39, 0.29) is 5.91 Å². The quantitative estimate of drug-likeness (QED) is 0.775. The average Bonchev–Trinajstić information content (AvgIpc) is 2.52. The molecule has 1 heterocycles. The number of carbonyl (C=O) groups is 1. The summed E-state index contributed by atoms with van der Waals surface area (Å²) in [5.41, 5.74) is 0.747. The third-order valence-corrected chi connectivity index (χ3v) is 3.77. The number of unbranched alkanes of at least 4 members (excludes halogenated alkanes) is 2. The van der Waals surface area contributed by atoms with Crippen molar-refractivity contribution in [1.82, 2.24) is 10.2 Å². The first kappa shape index (κ1) is 15.0. The van der Waals surface area contributed by atoms with Gasteiger partial charge in [-0.05, 0) is 63.9 Å². The molecule has 1 aromatic carbocycles. The molecular formula is C17H25N2O. The third kappa shape index (κ3) is 5.33. The minimum absolute atomic E-state index is 0.0390. The fraction of sp³-hybridized carbons (Fsp3) is 0.529. The largest absolute Gasteiger partial charge is 0.352 e. The van der Waals surface area contributed by atoms with E-state index in [1.165, 1.54) is 45.3 Å². The highest BCUT2D eigenvalue weighted by atomic mass is 16.1. The molecule has 1 aromatic rings. The molecule has 3 heteroatoms. The molecule has 2 rings (SSSR count). The van der Waals surface area contributed by atoms with Crippen LogP contribution in [0.2, 0.25) is 0 Å². The molecule has 20 heavy (non-hydrogen) atoms. The van der Waals surface area contributed by atoms with Crippen LogP contribution in [0.1, 0.15) is 42.5 Å². The molecule has 0 bridgehead atoms. The van der Waals surface area contributed by atoms with Crippen molar-refractivity contribution < 1.29 is 4.79 Å². The summed E-state index contributed by atoms with van der Waals surface area (Å²) in [7, 11) is 0. The molecule has 1 radical (unpaired) electrons. The lowest BCUT2D eigenvalue weighted by molar-refractivity contribution is 0.0953. The van der Waals surface area contributed by atoms with Crippen molar-refractivity contribution in [3.05, 3.63) is 42.3 Å². The molecule has 3 nitrogen and oxygen atoms in total. The van der Waals surface area contributed by atoms with Crippen LogP contribution < -0.4 is 5.32 Å². The van der Waals surface area contributed by atoms with Gasteiger partial charge in [0.1, 0.15) is 0 Å². The fourth-order valence-electron chi connectivity index (χ4n) is 2.56. The lowest BCUT2D eigenvalue weighted by Crippen LogP contribution is -2.31. The van der Waals surface area contributed by atoms with Crippen molar-refractivity contribution in [2.24, 2.45) is 0 Å². The summed E-state index contributed by atoms with van der Waals surface area (Å²) in [6.45, 7) is 4.44. The van der Waals surface area contributed by atoms with Crippen LogP contribution in [0.25, 0.3) is 0 Å². The van der Waals surface area contributed by atoms with E-state index in [1.807, 2.05) is 30.3 Å². The average molecular weight is 273 g/mol. The van der Waals surface area contributed by atoms with Gasteiger partial charge in [0.05, 0.1) is 0 Å². The Balaban J connectivity index is 1.50. The van der Waals surface area contributed by atoms with Crippen molar-refractivity contribution >= 4 is 5.91 Å². The monoisotopic (exact) mass is 273 g/mol. The lowest BCUT2D eigenvalue weighted by atomic mass is 10.1. The summed E-state index contributed by atoms with van der Waals surface area (Å²) in [6.07, 6.45) is 8.37. The number of carbonyl (C=O) groups excluding carboxylic acids is 1. The summed E-state index contributed by atoms with van der Waals surface area (Å²) < 4.78 is 0. The number of benzene rings is 1. The number of rotatable bonds is 7. The maximum absolute atomic E-state index is 11.8. The van der Waals surface area contributed by atoms with Crippen molar-refractivity contribution in [2.75, 3.05) is 26.2 Å². The van der Waals surface area contributed by atoms with E-state index in [9.17, 15) is 4.79 Å². The molecule has 1 N–H and O–H groups in total. The zero-order chi connectivity index (χ0) is 14.0. The van der Waals surface area contributed by atoms with Crippen LogP contribution in [0.15, 0.2) is 30.3 Å². The first-order chi connectivity index (χ1) is 9.86. The Morgan fingerprint density at radius 3 is 2.55 bits per heavy atom. The fourth-order valence-corrected chi connectivity index (χ4v) is 2.56. The van der Waals surface area contributed by atoms with E-state index >= 15 is 0 Å². The summed E-state index contributed by atoms with van der Waals surface area (Å²) >= 11 is 0. The molecular weight excluding hydrogens is 248 g/mol. The first-order valence-corrected chi connectivity index (χ1v) is 7.73. The smallest absolute Gasteiger partial charge is 0.251 e. The number of piperidine rings is 1. The lowest BCUT2D eigenvalue weighted by Gasteiger charge is -2.26. The van der Waals surface area contributed by atoms with Gasteiger partial charge in [0.25, 0.3) is 5.91 Å². The number of hydrogen-bond donors (Lipinski definition) is 1. The van der Waals surface area contributed by atoms with Gasteiger partial charge in [-0.15, -0.1) is 0 Å². The highest BCUT2D eigenvalue weighted by molar-refractivity contribution is 5.94. The van der Waals surface area contributed by atoms with Gasteiger partial charge in [-0.3, -0.25) is 4.79 Å². The van der Waals surface area contributed by atoms with Gasteiger partial charge in [0.2, 0.25) is 0 Å². The molecule has 0 atom stereocenters. The number of nitrogens with one attached hydrogen (secondary N) is 1. The van der Waals surface area contributed by atoms with Gasteiger partial charge < -0.3 is 10.2 Å². The Labute approximate surface area is 122 Å². The zero-order valence-corrected chi connectivity index (χ0v) is 12.2. The predicted octanol–water partition coefficient (Wildman–Crippen LogP) is 2.89. The second-order valence-corrected chi connectivity index (χ2v) is 5.39. The van der Waals surface area contributed by atoms with Crippen molar-refractivity contribution in [2.45, 2.75) is 32.1 Å². The summed E-state index contributed by atoms with van der Waals surface area (Å²) in [6, 6.07) is 9.41. The number of amides is 1. The van der Waals surface area contributed by atoms with Crippen molar-refractivity contribution in [3.63, 3.8) is 0 Å². The van der Waals surface area contributed by atoms with Crippen molar-refractivity contribution in [1.29, 1.82) is 0 Å². The van der Waals surface area contributed by atoms with Crippen LogP contribution in [-0.4, -0.2) is 37.0 Å². The molecule has 1 fully saturated rings. The van der Waals surface area contributed by atoms with E-state index in [1.54, 1.807) is 0 Å². The van der Waals surface area contributed by atoms with Gasteiger partial charge in [0, 0.05) is 12.1 Å². The van der Waals surface area contributed by atoms with Crippen molar-refractivity contribution in [3.8, 4) is 0 Å². The van der Waals surface area contributed by atoms with Gasteiger partial charge in [-0.25, -0.2) is 0 Å². The van der Waals surface area contributed by atoms with Crippen LogP contribution in [0.4, 0.5) is 0 Å². The zero-order valence-electron chi connectivity index (χ0n) is 12.2. The maximum Gasteiger partial charge on any atom is 0.251 e. The van der Waals surface area contributed by atoms with E-state index in [0.29, 0.717) is 0 Å². The minimum Gasteiger partial charge on any atom is -0.352 e. The SMILES string of the molecule is O=C(NCCCCCN1CC[CH]CC1)c1ccccc1. The third-order valence-electron chi connectivity index (χ3n) is 3.77. The van der Waals surface area contributed by atoms with Gasteiger partial charge in [-0.1, -0.05) is 24.6 Å². The van der Waals surface area contributed by atoms with E-state index in [0.717, 1.165) is 18.5 Å². The number of nitrogens with zero attached hydrogens (tertiary/aromatic N) is 1. The molecule has 0 saturated carbocycles. The molecule has 0 unspecified atom stereocenters. The van der Waals surface area contributed by atoms with Gasteiger partial charge >= 0.3 is 0 Å². The molecule has 1 saturated heterocycles. The Morgan fingerprint density at radius 1 is 1.05 bits per heavy atom. The number of likely N-dealkylation sites (tertiary alicyclic amines) is 1. The topological polar surface area (TPSA) is 32.3 Å². The first-order valence-electron chi connectivity index (χ1n) is 7.73. The summed E-state index contributed by atoms with van der Waals surface area (Å²) in [5, 5.41) is 2.98. The molecule has 1 aliphatic rings. The minimum atomic E-state index is 0.0390. The second-order valence-electron chi connectivity index (χ2n) is 5.39. The number of hydrogen-bond acceptors (Lipinski definition) is 2. The van der Waals surface area contributed by atoms with Gasteiger partial charge in [-0.2, -0.15) is 0 Å². The maximum atomic E-state index is 11.8. The Hall–Kier alpha value is -1.35. The van der Waals surface area contributed by atoms with Gasteiger partial charge in [0.15, 0.2) is 0 Å². The summed E-state index contributed by atoms with van der Waals surface area (Å²) in [5.74, 6) is 0.0390. The van der Waals surface area contributed by atoms with E-state index in [2.05, 4.69) is 16.6 Å². The Morgan fingerprint density at radius 2 is 1.80 bits per heavy atom. The Bertz CT molecular complexity index is 385. The molecule has 1 amide bonds. The molecule has 1 aliphatic heterocycles. The highest BCUT2D eigenvalue weighted by Gasteiger charge is 2.09. The highest BCUT2D eigenvalue weighted by Crippen LogP contribution is 2.09. The second kappa shape index (κ2) is 8.75. The van der Waals surface area contributed by atoms with Crippen LogP contribution in [0, 0.1) is 6.42 Å². The Kier molecular flexibility index (Phi) is 6.58. The molecule has 0 spiro atoms. The molecule has 109 valence electrons. The van der Waals surface area contributed by atoms with Crippen LogP contribution in [-0.2, 0) is 0 Å². The summed E-state index contributed by atoms with van der Waals surface area (Å²) in [4.78, 5) is 14.3. The standard InChI is InChI=1S/C17H25N2O/c20-17(16-10-4-1-5-11-16)18-12-6-2-7-13-19-14-8-3-9-15-19/h1,3-5,10-11H,2,6-9,12-15H2,(H,18,20).